The number of aromatic nitrogens is 5. The summed E-state index contributed by atoms with van der Waals surface area (Å²) in [4.78, 5) is 23.4. The van der Waals surface area contributed by atoms with Gasteiger partial charge in [0.15, 0.2) is 12.0 Å². The van der Waals surface area contributed by atoms with Gasteiger partial charge in [-0.05, 0) is 65.4 Å². The number of pyridine rings is 1. The molecule has 10 nitrogen and oxygen atoms in total. The molecule has 2 saturated heterocycles. The van der Waals surface area contributed by atoms with Gasteiger partial charge in [0, 0.05) is 52.6 Å². The summed E-state index contributed by atoms with van der Waals surface area (Å²) in [5, 5.41) is 24.0. The van der Waals surface area contributed by atoms with Gasteiger partial charge in [-0.3, -0.25) is 14.6 Å². The van der Waals surface area contributed by atoms with E-state index in [1.807, 2.05) is 25.7 Å². The van der Waals surface area contributed by atoms with Crippen molar-refractivity contribution in [1.29, 1.82) is 5.26 Å². The van der Waals surface area contributed by atoms with Crippen LogP contribution in [-0.4, -0.2) is 92.2 Å². The Kier molecular flexibility index (Phi) is 8.01. The summed E-state index contributed by atoms with van der Waals surface area (Å²) >= 11 is 13.6. The van der Waals surface area contributed by atoms with Gasteiger partial charge in [-0.2, -0.15) is 15.5 Å². The van der Waals surface area contributed by atoms with E-state index in [2.05, 4.69) is 33.0 Å². The Hall–Kier alpha value is -4.05. The van der Waals surface area contributed by atoms with Crippen molar-refractivity contribution in [3.8, 4) is 17.2 Å². The highest BCUT2D eigenvalue weighted by Crippen LogP contribution is 2.46. The number of fused-ring (bicyclic) bond motifs is 4. The molecule has 14 heteroatoms. The van der Waals surface area contributed by atoms with Crippen LogP contribution in [0.2, 0.25) is 10.0 Å². The lowest BCUT2D eigenvalue weighted by molar-refractivity contribution is -0.140. The number of nitriles is 1. The van der Waals surface area contributed by atoms with E-state index in [0.717, 1.165) is 5.39 Å². The molecule has 2 fully saturated rings. The highest BCUT2D eigenvalue weighted by atomic mass is 35.5. The number of aromatic amines is 1. The quantitative estimate of drug-likeness (QED) is 0.208. The number of nitrogens with one attached hydrogen (secondary N) is 1. The molecule has 5 heterocycles. The molecular formula is C34H35Cl2F2N9O. The molecule has 0 radical (unpaired) electrons. The Morgan fingerprint density at radius 2 is 1.94 bits per heavy atom. The predicted molar refractivity (Wildman–Crippen MR) is 184 cm³/mol. The normalized spacial score (nSPS) is 20.1. The molecule has 0 spiro atoms. The fraction of sp³-hybridized carbons (Fsp3) is 0.441. The molecule has 48 heavy (non-hydrogen) atoms. The summed E-state index contributed by atoms with van der Waals surface area (Å²) in [5.74, 6) is -0.599. The summed E-state index contributed by atoms with van der Waals surface area (Å²) in [7, 11) is 4.07. The summed E-state index contributed by atoms with van der Waals surface area (Å²) in [5.41, 5.74) is 2.75. The lowest BCUT2D eigenvalue weighted by Gasteiger charge is -2.52. The van der Waals surface area contributed by atoms with Crippen molar-refractivity contribution in [3.05, 3.63) is 46.0 Å². The molecule has 1 unspecified atom stereocenters. The third-order valence-corrected chi connectivity index (χ3v) is 11.0. The maximum absolute atomic E-state index is 17.2. The lowest BCUT2D eigenvalue weighted by atomic mass is 9.90. The Morgan fingerprint density at radius 3 is 2.62 bits per heavy atom. The summed E-state index contributed by atoms with van der Waals surface area (Å²) < 4.78 is 33.1. The fourth-order valence-corrected chi connectivity index (χ4v) is 7.86. The maximum Gasteiger partial charge on any atom is 0.257 e. The molecule has 0 bridgehead atoms. The minimum Gasteiger partial charge on any atom is -0.352 e. The van der Waals surface area contributed by atoms with Gasteiger partial charge in [-0.1, -0.05) is 23.2 Å². The fourth-order valence-electron chi connectivity index (χ4n) is 7.37. The topological polar surface area (TPSA) is 110 Å². The Labute approximate surface area is 286 Å². The number of carbonyl (C=O) groups excluding carboxylic acids is 1. The molecule has 2 aromatic carbocycles. The molecule has 1 N–H and O–H groups in total. The average Bonchev–Trinajstić information content (AvgIpc) is 3.68. The molecular weight excluding hydrogens is 659 g/mol. The second kappa shape index (κ2) is 11.8. The first kappa shape index (κ1) is 32.5. The molecule has 2 aliphatic heterocycles. The van der Waals surface area contributed by atoms with Crippen molar-refractivity contribution < 1.29 is 13.6 Å². The number of likely N-dealkylation sites (N-methyl/N-ethyl adjacent to an activating group) is 1. The predicted octanol–water partition coefficient (Wildman–Crippen LogP) is 6.83. The number of halogens is 4. The number of piperidine rings is 1. The van der Waals surface area contributed by atoms with Gasteiger partial charge in [-0.25, -0.2) is 13.8 Å². The number of likely N-dealkylation sites (tertiary alicyclic amines) is 1. The third kappa shape index (κ3) is 4.97. The van der Waals surface area contributed by atoms with Crippen LogP contribution in [0, 0.1) is 24.1 Å². The van der Waals surface area contributed by atoms with Crippen LogP contribution in [0.1, 0.15) is 44.7 Å². The number of hydrogen-bond acceptors (Lipinski definition) is 7. The van der Waals surface area contributed by atoms with Gasteiger partial charge < -0.3 is 14.7 Å². The van der Waals surface area contributed by atoms with E-state index in [1.54, 1.807) is 24.5 Å². The largest absolute Gasteiger partial charge is 0.352 e. The van der Waals surface area contributed by atoms with Crippen LogP contribution in [0.4, 0.5) is 14.6 Å². The number of nitrogens with zero attached hydrogens (tertiary/aromatic N) is 8. The van der Waals surface area contributed by atoms with E-state index in [4.69, 9.17) is 33.3 Å². The summed E-state index contributed by atoms with van der Waals surface area (Å²) in [6.07, 6.45) is 2.64. The van der Waals surface area contributed by atoms with Crippen LogP contribution in [-0.2, 0) is 4.79 Å². The molecule has 0 aliphatic carbocycles. The highest BCUT2D eigenvalue weighted by Gasteiger charge is 2.43. The van der Waals surface area contributed by atoms with E-state index in [0.29, 0.717) is 69.7 Å². The molecule has 250 valence electrons. The second-order valence-electron chi connectivity index (χ2n) is 13.5. The van der Waals surface area contributed by atoms with Crippen molar-refractivity contribution in [1.82, 2.24) is 34.8 Å². The number of amides is 1. The van der Waals surface area contributed by atoms with Crippen molar-refractivity contribution in [2.45, 2.75) is 63.8 Å². The molecule has 3 atom stereocenters. The minimum atomic E-state index is -1.67. The summed E-state index contributed by atoms with van der Waals surface area (Å²) in [6, 6.07) is 4.91. The first-order chi connectivity index (χ1) is 22.8. The van der Waals surface area contributed by atoms with Gasteiger partial charge >= 0.3 is 0 Å². The highest BCUT2D eigenvalue weighted by molar-refractivity contribution is 6.36. The van der Waals surface area contributed by atoms with Crippen LogP contribution in [0.3, 0.4) is 0 Å². The maximum atomic E-state index is 17.2. The number of H-pyrrole nitrogens is 1. The van der Waals surface area contributed by atoms with Crippen molar-refractivity contribution in [3.63, 3.8) is 0 Å². The van der Waals surface area contributed by atoms with Gasteiger partial charge in [0.2, 0.25) is 0 Å². The SMILES string of the molecule is Cc1c(Cl)cc2[nH]ncc2c1-c1c(Cl)cc2c(nc(N3CC(C)(N(C)C)C3)c3cnn([C@H]4CCN(C(=O)C(C)F)[C@H](CC#N)C4)c32)c1F. The van der Waals surface area contributed by atoms with E-state index in [-0.39, 0.29) is 40.6 Å². The van der Waals surface area contributed by atoms with Crippen LogP contribution < -0.4 is 4.90 Å². The van der Waals surface area contributed by atoms with Crippen molar-refractivity contribution >= 4 is 67.6 Å². The van der Waals surface area contributed by atoms with E-state index in [1.165, 1.54) is 11.8 Å². The average molecular weight is 695 g/mol. The van der Waals surface area contributed by atoms with E-state index >= 15 is 4.39 Å². The lowest BCUT2D eigenvalue weighted by Crippen LogP contribution is -2.67. The number of hydrogen-bond donors (Lipinski definition) is 1. The van der Waals surface area contributed by atoms with Gasteiger partial charge in [-0.15, -0.1) is 0 Å². The van der Waals surface area contributed by atoms with Gasteiger partial charge in [0.25, 0.3) is 5.91 Å². The minimum absolute atomic E-state index is 0.0594. The Morgan fingerprint density at radius 1 is 1.19 bits per heavy atom. The van der Waals surface area contributed by atoms with Crippen LogP contribution in [0.15, 0.2) is 24.5 Å². The van der Waals surface area contributed by atoms with Gasteiger partial charge in [0.1, 0.15) is 11.3 Å². The third-order valence-electron chi connectivity index (χ3n) is 10.3. The van der Waals surface area contributed by atoms with E-state index in [9.17, 15) is 14.4 Å². The number of alkyl halides is 1. The first-order valence-electron chi connectivity index (χ1n) is 15.9. The van der Waals surface area contributed by atoms with Crippen LogP contribution in [0.5, 0.6) is 0 Å². The Bertz CT molecular complexity index is 2150. The second-order valence-corrected chi connectivity index (χ2v) is 14.3. The Balaban J connectivity index is 1.44. The zero-order valence-corrected chi connectivity index (χ0v) is 28.8. The van der Waals surface area contributed by atoms with Gasteiger partial charge in [0.05, 0.1) is 57.9 Å². The zero-order valence-electron chi connectivity index (χ0n) is 27.3. The molecule has 1 amide bonds. The standard InChI is InChI=1S/C34H35Cl2F2N9O/c1-17-24(35)12-26-22(13-40-43-26)27(17)28-25(36)11-21-30(29(28)38)42-32(45-15-34(3,16-45)44(4)5)23-14-41-47(31(21)23)20-7-9-46(33(48)18(2)37)19(10-20)6-8-39/h11-14,18-20H,6-7,9-10,15-16H2,1-5H3,(H,40,43)/t18?,19-,20+/m1/s1. The molecule has 5 aromatic rings. The molecule has 3 aromatic heterocycles. The van der Waals surface area contributed by atoms with Crippen LogP contribution >= 0.6 is 23.2 Å². The first-order valence-corrected chi connectivity index (χ1v) is 16.7. The number of anilines is 1. The van der Waals surface area contributed by atoms with Crippen molar-refractivity contribution in [2.24, 2.45) is 0 Å². The number of carbonyl (C=O) groups is 1. The molecule has 2 aliphatic rings. The smallest absolute Gasteiger partial charge is 0.257 e. The monoisotopic (exact) mass is 693 g/mol. The number of benzene rings is 2. The summed E-state index contributed by atoms with van der Waals surface area (Å²) in [6.45, 7) is 6.83. The number of rotatable bonds is 6. The zero-order chi connectivity index (χ0) is 34.2. The molecule has 7 rings (SSSR count). The molecule has 0 saturated carbocycles. The van der Waals surface area contributed by atoms with Crippen LogP contribution in [0.25, 0.3) is 43.8 Å². The van der Waals surface area contributed by atoms with E-state index < -0.39 is 23.9 Å². The van der Waals surface area contributed by atoms with Crippen molar-refractivity contribution in [2.75, 3.05) is 38.6 Å².